The van der Waals surface area contributed by atoms with E-state index in [9.17, 15) is 24.3 Å². The van der Waals surface area contributed by atoms with Crippen LogP contribution in [0.15, 0.2) is 97.1 Å². The number of nitrogens with two attached hydrogens (primary N) is 4. The second-order valence-electron chi connectivity index (χ2n) is 26.4. The second-order valence-corrected chi connectivity index (χ2v) is 26.4. The van der Waals surface area contributed by atoms with E-state index in [2.05, 4.69) is 80.2 Å². The number of benzene rings is 4. The number of aromatic carboxylic acids is 1. The first-order chi connectivity index (χ1) is 49.4. The van der Waals surface area contributed by atoms with Crippen molar-refractivity contribution in [1.82, 2.24) is 39.9 Å². The van der Waals surface area contributed by atoms with Crippen LogP contribution in [0.3, 0.4) is 0 Å². The summed E-state index contributed by atoms with van der Waals surface area (Å²) in [4.78, 5) is 91.1. The molecule has 0 radical (unpaired) electrons. The number of anilines is 8. The molecular weight excluding hydrogens is 1300 g/mol. The Labute approximate surface area is 604 Å². The Kier molecular flexibility index (Phi) is 27.1. The van der Waals surface area contributed by atoms with Crippen LogP contribution < -0.4 is 42.5 Å². The molecule has 0 amide bonds. The molecule has 4 fully saturated rings. The van der Waals surface area contributed by atoms with Crippen LogP contribution in [0.4, 0.5) is 47.1 Å². The van der Waals surface area contributed by atoms with E-state index >= 15 is 0 Å². The van der Waals surface area contributed by atoms with Crippen molar-refractivity contribution >= 4 is 70.4 Å². The molecule has 4 aliphatic rings. The number of ether oxygens (including phenoxy) is 4. The third-order valence-corrected chi connectivity index (χ3v) is 18.7. The van der Waals surface area contributed by atoms with Crippen molar-refractivity contribution in [3.63, 3.8) is 0 Å². The largest absolute Gasteiger partial charge is 0.478 e. The van der Waals surface area contributed by atoms with E-state index in [1.807, 2.05) is 140 Å². The van der Waals surface area contributed by atoms with Crippen LogP contribution in [0.2, 0.25) is 0 Å². The van der Waals surface area contributed by atoms with Gasteiger partial charge >= 0.3 is 5.97 Å². The zero-order valence-electron chi connectivity index (χ0n) is 61.4. The van der Waals surface area contributed by atoms with Gasteiger partial charge in [-0.3, -0.25) is 14.4 Å². The van der Waals surface area contributed by atoms with E-state index in [0.717, 1.165) is 159 Å². The molecule has 546 valence electrons. The number of carbonyl (C=O) groups is 4. The van der Waals surface area contributed by atoms with Crippen molar-refractivity contribution in [1.29, 1.82) is 0 Å². The van der Waals surface area contributed by atoms with Crippen LogP contribution in [-0.2, 0) is 18.9 Å². The Morgan fingerprint density at radius 1 is 0.359 bits per heavy atom. The molecule has 25 nitrogen and oxygen atoms in total. The van der Waals surface area contributed by atoms with Gasteiger partial charge in [0, 0.05) is 136 Å². The Balaban J connectivity index is 0.000000160. The first-order valence-corrected chi connectivity index (χ1v) is 35.5. The summed E-state index contributed by atoms with van der Waals surface area (Å²) in [6, 6.07) is 30.5. The van der Waals surface area contributed by atoms with Crippen LogP contribution in [0.5, 0.6) is 0 Å². The number of nitrogen functional groups attached to an aromatic ring is 4. The minimum atomic E-state index is -0.940. The van der Waals surface area contributed by atoms with Gasteiger partial charge in [-0.1, -0.05) is 63.2 Å². The van der Waals surface area contributed by atoms with Gasteiger partial charge in [0.2, 0.25) is 23.8 Å². The Bertz CT molecular complexity index is 3890. The number of hydrogen-bond donors (Lipinski definition) is 5. The number of ketones is 3. The molecule has 4 saturated heterocycles. The van der Waals surface area contributed by atoms with E-state index in [-0.39, 0.29) is 70.9 Å². The van der Waals surface area contributed by atoms with Crippen LogP contribution in [0.1, 0.15) is 199 Å². The highest BCUT2D eigenvalue weighted by Gasteiger charge is 2.32. The highest BCUT2D eigenvalue weighted by atomic mass is 16.5. The van der Waals surface area contributed by atoms with Crippen molar-refractivity contribution < 1.29 is 43.2 Å². The number of carbonyl (C=O) groups excluding carboxylic acids is 3. The predicted molar refractivity (Wildman–Crippen MR) is 402 cm³/mol. The summed E-state index contributed by atoms with van der Waals surface area (Å²) in [5, 5.41) is 9.33. The quantitative estimate of drug-likeness (QED) is 0.0595. The van der Waals surface area contributed by atoms with Crippen LogP contribution >= 0.6 is 0 Å². The molecule has 4 aromatic carbocycles. The van der Waals surface area contributed by atoms with Gasteiger partial charge in [0.1, 0.15) is 23.3 Å². The molecule has 12 rings (SSSR count). The molecular formula is C78H100N16O9. The van der Waals surface area contributed by atoms with E-state index in [4.69, 9.17) is 41.9 Å². The van der Waals surface area contributed by atoms with Gasteiger partial charge in [-0.2, -0.15) is 19.9 Å². The Morgan fingerprint density at radius 3 is 0.796 bits per heavy atom. The van der Waals surface area contributed by atoms with Crippen molar-refractivity contribution in [3.05, 3.63) is 187 Å². The summed E-state index contributed by atoms with van der Waals surface area (Å²) in [7, 11) is 0. The molecule has 4 atom stereocenters. The topological polar surface area (TPSA) is 346 Å². The molecule has 9 N–H and O–H groups in total. The molecule has 2 unspecified atom stereocenters. The van der Waals surface area contributed by atoms with E-state index in [1.165, 1.54) is 0 Å². The smallest absolute Gasteiger partial charge is 0.335 e. The van der Waals surface area contributed by atoms with Gasteiger partial charge in [0.05, 0.1) is 56.2 Å². The Morgan fingerprint density at radius 2 is 0.583 bits per heavy atom. The molecule has 0 bridgehead atoms. The van der Waals surface area contributed by atoms with E-state index < -0.39 is 5.97 Å². The van der Waals surface area contributed by atoms with Gasteiger partial charge < -0.3 is 66.6 Å². The van der Waals surface area contributed by atoms with Crippen LogP contribution in [0.25, 0.3) is 0 Å². The van der Waals surface area contributed by atoms with Crippen molar-refractivity contribution in [3.8, 4) is 0 Å². The zero-order valence-corrected chi connectivity index (χ0v) is 61.4. The molecule has 0 spiro atoms. The predicted octanol–water partition coefficient (Wildman–Crippen LogP) is 12.1. The molecule has 8 aromatic rings. The number of carboxylic acids is 1. The lowest BCUT2D eigenvalue weighted by atomic mass is 9.95. The molecule has 4 aliphatic heterocycles. The third kappa shape index (κ3) is 20.2. The standard InChI is InChI=1S/3C20H26N4O2.C18H22N4O3/c3*1-4-18(25)15-7-6-13(2)16(11-15)17-12-26-9-5-8-24(17)19-10-14(3)22-20(21)23-19;1-11-4-5-13(17(23)24)9-14(11)15-10-25-7-3-6-22(15)16-8-12(2)20-18(19)21-16/h3*6-7,10-11,17H,4-5,8-9,12H2,1-3H3,(H2,21,22,23);4-5,8-9,15H,3,6-7,10H2,1-2H3,(H,23,24)(H2,19,20,21)/t2*17-;;/m10../s1. The fourth-order valence-corrected chi connectivity index (χ4v) is 13.4. The second kappa shape index (κ2) is 36.2. The summed E-state index contributed by atoms with van der Waals surface area (Å²) in [6.45, 7) is 29.5. The number of rotatable bonds is 15. The molecule has 4 aromatic heterocycles. The van der Waals surface area contributed by atoms with Crippen molar-refractivity contribution in [2.75, 3.05) is 122 Å². The number of hydrogen-bond acceptors (Lipinski definition) is 24. The summed E-state index contributed by atoms with van der Waals surface area (Å²) in [6.07, 6.45) is 5.07. The lowest BCUT2D eigenvalue weighted by Gasteiger charge is -2.32. The monoisotopic (exact) mass is 1400 g/mol. The lowest BCUT2D eigenvalue weighted by Crippen LogP contribution is -2.32. The van der Waals surface area contributed by atoms with Gasteiger partial charge in [-0.15, -0.1) is 0 Å². The zero-order chi connectivity index (χ0) is 74.0. The number of aromatic nitrogens is 8. The fraction of sp³-hybridized carbons (Fsp3) is 0.436. The molecule has 8 heterocycles. The minimum Gasteiger partial charge on any atom is -0.478 e. The summed E-state index contributed by atoms with van der Waals surface area (Å²) in [5.74, 6) is 3.70. The van der Waals surface area contributed by atoms with E-state index in [1.54, 1.807) is 12.1 Å². The first-order valence-electron chi connectivity index (χ1n) is 35.5. The number of aryl methyl sites for hydroxylation is 8. The summed E-state index contributed by atoms with van der Waals surface area (Å²) >= 11 is 0. The van der Waals surface area contributed by atoms with Crippen LogP contribution in [0, 0.1) is 55.4 Å². The molecule has 0 aliphatic carbocycles. The Hall–Kier alpha value is -10.1. The van der Waals surface area contributed by atoms with Gasteiger partial charge in [-0.05, 0) is 156 Å². The number of carboxylic acid groups (broad SMARTS) is 1. The summed E-state index contributed by atoms with van der Waals surface area (Å²) in [5.41, 5.74) is 37.9. The maximum Gasteiger partial charge on any atom is 0.335 e. The first kappa shape index (κ1) is 77.1. The van der Waals surface area contributed by atoms with Gasteiger partial charge in [0.25, 0.3) is 0 Å². The molecule has 103 heavy (non-hydrogen) atoms. The average Bonchev–Trinajstić information content (AvgIpc) is 1.81. The van der Waals surface area contributed by atoms with Crippen molar-refractivity contribution in [2.24, 2.45) is 0 Å². The maximum absolute atomic E-state index is 12.2. The van der Waals surface area contributed by atoms with E-state index in [0.29, 0.717) is 72.1 Å². The normalized spacial score (nSPS) is 17.9. The number of Topliss-reactive ketones (excluding diaryl/α,β-unsaturated/α-hetero) is 3. The minimum absolute atomic E-state index is 0.0178. The summed E-state index contributed by atoms with van der Waals surface area (Å²) < 4.78 is 23.3. The van der Waals surface area contributed by atoms with Crippen LogP contribution in [-0.4, -0.2) is 147 Å². The molecule has 25 heteroatoms. The number of nitrogens with zero attached hydrogens (tertiary/aromatic N) is 12. The maximum atomic E-state index is 12.2. The third-order valence-electron chi connectivity index (χ3n) is 18.7. The SMILES string of the molecule is CCC(=O)c1ccc(C)c(C2COCCCN2c2cc(C)nc(N)n2)c1.CCC(=O)c1ccc(C)c([C@@H]2COCCCN2c2cc(C)nc(N)n2)c1.CCC(=O)c1ccc(C)c([C@H]2COCCCN2c2cc(C)nc(N)n2)c1.Cc1cc(N2CCCOCC2c2cc(C(=O)O)ccc2C)nc(N)n1. The molecule has 0 saturated carbocycles. The fourth-order valence-electron chi connectivity index (χ4n) is 13.4. The van der Waals surface area contributed by atoms with Gasteiger partial charge in [-0.25, -0.2) is 24.7 Å². The highest BCUT2D eigenvalue weighted by Crippen LogP contribution is 2.37. The lowest BCUT2D eigenvalue weighted by molar-refractivity contribution is 0.0695. The average molecular weight is 1410 g/mol. The van der Waals surface area contributed by atoms with Gasteiger partial charge in [0.15, 0.2) is 17.3 Å². The highest BCUT2D eigenvalue weighted by molar-refractivity contribution is 5.97. The van der Waals surface area contributed by atoms with Crippen molar-refractivity contribution in [2.45, 2.75) is 145 Å².